The van der Waals surface area contributed by atoms with Crippen molar-refractivity contribution < 1.29 is 19.1 Å². The van der Waals surface area contributed by atoms with Crippen LogP contribution in [0, 0.1) is 0 Å². The van der Waals surface area contributed by atoms with Crippen LogP contribution >= 0.6 is 11.3 Å². The van der Waals surface area contributed by atoms with Gasteiger partial charge in [-0.1, -0.05) is 18.2 Å². The molecule has 7 heteroatoms. The zero-order chi connectivity index (χ0) is 22.5. The van der Waals surface area contributed by atoms with Crippen LogP contribution in [0.15, 0.2) is 60.0 Å². The second-order valence-electron chi connectivity index (χ2n) is 7.62. The number of likely N-dealkylation sites (tertiary alicyclic amines) is 1. The summed E-state index contributed by atoms with van der Waals surface area (Å²) in [4.78, 5) is 28.0. The maximum Gasteiger partial charge on any atom is 0.261 e. The van der Waals surface area contributed by atoms with Crippen LogP contribution in [0.2, 0.25) is 0 Å². The summed E-state index contributed by atoms with van der Waals surface area (Å²) in [5.74, 6) is 1.36. The largest absolute Gasteiger partial charge is 0.497 e. The van der Waals surface area contributed by atoms with E-state index in [9.17, 15) is 9.59 Å². The van der Waals surface area contributed by atoms with Crippen molar-refractivity contribution >= 4 is 23.2 Å². The molecule has 4 rings (SSSR count). The quantitative estimate of drug-likeness (QED) is 0.568. The lowest BCUT2D eigenvalue weighted by molar-refractivity contribution is 0.0734. The van der Waals surface area contributed by atoms with Crippen LogP contribution in [-0.4, -0.2) is 37.5 Å². The van der Waals surface area contributed by atoms with Gasteiger partial charge >= 0.3 is 0 Å². The molecule has 6 nitrogen and oxygen atoms in total. The Morgan fingerprint density at radius 3 is 2.59 bits per heavy atom. The molecule has 0 bridgehead atoms. The van der Waals surface area contributed by atoms with E-state index in [4.69, 9.17) is 9.47 Å². The number of amides is 2. The van der Waals surface area contributed by atoms with Gasteiger partial charge < -0.3 is 19.7 Å². The molecular weight excluding hydrogens is 424 g/mol. The van der Waals surface area contributed by atoms with E-state index in [-0.39, 0.29) is 17.9 Å². The third kappa shape index (κ3) is 4.62. The summed E-state index contributed by atoms with van der Waals surface area (Å²) in [6.07, 6.45) is 1.83. The third-order valence-corrected chi connectivity index (χ3v) is 6.58. The number of nitrogens with zero attached hydrogens (tertiary/aromatic N) is 1. The van der Waals surface area contributed by atoms with E-state index >= 15 is 0 Å². The van der Waals surface area contributed by atoms with Gasteiger partial charge in [0.05, 0.1) is 25.1 Å². The van der Waals surface area contributed by atoms with Crippen molar-refractivity contribution in [3.05, 3.63) is 81.5 Å². The lowest BCUT2D eigenvalue weighted by Gasteiger charge is -2.26. The maximum absolute atomic E-state index is 13.3. The molecule has 1 aliphatic rings. The predicted molar refractivity (Wildman–Crippen MR) is 124 cm³/mol. The fourth-order valence-electron chi connectivity index (χ4n) is 4.04. The van der Waals surface area contributed by atoms with E-state index in [1.807, 2.05) is 58.8 Å². The van der Waals surface area contributed by atoms with Gasteiger partial charge in [-0.3, -0.25) is 9.59 Å². The minimum Gasteiger partial charge on any atom is -0.497 e. The Morgan fingerprint density at radius 1 is 1.09 bits per heavy atom. The summed E-state index contributed by atoms with van der Waals surface area (Å²) in [5, 5.41) is 4.79. The average molecular weight is 451 g/mol. The number of thiophene rings is 1. The average Bonchev–Trinajstić information content (AvgIpc) is 3.54. The van der Waals surface area contributed by atoms with E-state index in [1.54, 1.807) is 20.3 Å². The number of methoxy groups -OCH3 is 2. The van der Waals surface area contributed by atoms with Gasteiger partial charge in [0.1, 0.15) is 11.5 Å². The summed E-state index contributed by atoms with van der Waals surface area (Å²) in [7, 11) is 3.26. The minimum atomic E-state index is -0.0894. The van der Waals surface area contributed by atoms with Crippen molar-refractivity contribution in [2.24, 2.45) is 0 Å². The SMILES string of the molecule is COc1ccc(C2CCCN2C(=O)c2ccc(CNC(=O)c3cccs3)cc2)c(OC)c1. The zero-order valence-corrected chi connectivity index (χ0v) is 19.0. The van der Waals surface area contributed by atoms with Gasteiger partial charge in [-0.2, -0.15) is 0 Å². The summed E-state index contributed by atoms with van der Waals surface area (Å²) < 4.78 is 10.9. The van der Waals surface area contributed by atoms with Crippen LogP contribution in [0.1, 0.15) is 50.0 Å². The number of carbonyl (C=O) groups excluding carboxylic acids is 2. The first-order chi connectivity index (χ1) is 15.6. The van der Waals surface area contributed by atoms with E-state index in [1.165, 1.54) is 11.3 Å². The van der Waals surface area contributed by atoms with Crippen LogP contribution in [0.4, 0.5) is 0 Å². The number of carbonyl (C=O) groups is 2. The number of nitrogens with one attached hydrogen (secondary N) is 1. The van der Waals surface area contributed by atoms with Crippen molar-refractivity contribution in [2.45, 2.75) is 25.4 Å². The highest BCUT2D eigenvalue weighted by Gasteiger charge is 2.32. The molecule has 0 spiro atoms. The molecule has 0 aliphatic carbocycles. The highest BCUT2D eigenvalue weighted by atomic mass is 32.1. The fourth-order valence-corrected chi connectivity index (χ4v) is 4.68. The summed E-state index contributed by atoms with van der Waals surface area (Å²) >= 11 is 1.41. The molecule has 1 saturated heterocycles. The van der Waals surface area contributed by atoms with E-state index in [0.717, 1.165) is 35.5 Å². The van der Waals surface area contributed by atoms with Gasteiger partial charge in [0.25, 0.3) is 11.8 Å². The van der Waals surface area contributed by atoms with Crippen LogP contribution in [-0.2, 0) is 6.54 Å². The molecule has 1 N–H and O–H groups in total. The zero-order valence-electron chi connectivity index (χ0n) is 18.2. The van der Waals surface area contributed by atoms with Gasteiger partial charge in [-0.25, -0.2) is 0 Å². The van der Waals surface area contributed by atoms with Crippen LogP contribution < -0.4 is 14.8 Å². The summed E-state index contributed by atoms with van der Waals surface area (Å²) in [5.41, 5.74) is 2.58. The molecule has 3 aromatic rings. The first-order valence-electron chi connectivity index (χ1n) is 10.5. The Kier molecular flexibility index (Phi) is 6.75. The monoisotopic (exact) mass is 450 g/mol. The number of rotatable bonds is 7. The first kappa shape index (κ1) is 21.9. The summed E-state index contributed by atoms with van der Waals surface area (Å²) in [6.45, 7) is 1.12. The van der Waals surface area contributed by atoms with Crippen LogP contribution in [0.25, 0.3) is 0 Å². The predicted octanol–water partition coefficient (Wildman–Crippen LogP) is 4.67. The van der Waals surface area contributed by atoms with Crippen molar-refractivity contribution in [1.29, 1.82) is 0 Å². The number of benzene rings is 2. The second-order valence-corrected chi connectivity index (χ2v) is 8.57. The molecule has 166 valence electrons. The molecular formula is C25H26N2O4S. The molecule has 2 heterocycles. The normalized spacial score (nSPS) is 15.4. The van der Waals surface area contributed by atoms with Crippen molar-refractivity contribution in [2.75, 3.05) is 20.8 Å². The Labute approximate surface area is 191 Å². The minimum absolute atomic E-state index is 0.000424. The number of ether oxygens (including phenoxy) is 2. The Bertz CT molecular complexity index is 1080. The smallest absolute Gasteiger partial charge is 0.261 e. The van der Waals surface area contributed by atoms with E-state index < -0.39 is 0 Å². The second kappa shape index (κ2) is 9.87. The molecule has 1 fully saturated rings. The fraction of sp³-hybridized carbons (Fsp3) is 0.280. The molecule has 1 aromatic heterocycles. The standard InChI is InChI=1S/C25H26N2O4S/c1-30-19-11-12-20(22(15-19)31-2)21-5-3-13-27(21)25(29)18-9-7-17(8-10-18)16-26-24(28)23-6-4-14-32-23/h4,6-12,14-15,21H,3,5,13,16H2,1-2H3,(H,26,28). The highest BCUT2D eigenvalue weighted by Crippen LogP contribution is 2.39. The lowest BCUT2D eigenvalue weighted by Crippen LogP contribution is -2.30. The highest BCUT2D eigenvalue weighted by molar-refractivity contribution is 7.12. The topological polar surface area (TPSA) is 67.9 Å². The molecule has 1 unspecified atom stereocenters. The molecule has 0 saturated carbocycles. The number of hydrogen-bond donors (Lipinski definition) is 1. The third-order valence-electron chi connectivity index (χ3n) is 5.71. The maximum atomic E-state index is 13.3. The molecule has 0 radical (unpaired) electrons. The molecule has 2 aromatic carbocycles. The molecule has 1 atom stereocenters. The van der Waals surface area contributed by atoms with Gasteiger partial charge in [-0.05, 0) is 54.1 Å². The van der Waals surface area contributed by atoms with Gasteiger partial charge in [0.15, 0.2) is 0 Å². The van der Waals surface area contributed by atoms with E-state index in [0.29, 0.717) is 23.5 Å². The van der Waals surface area contributed by atoms with Gasteiger partial charge in [0.2, 0.25) is 0 Å². The van der Waals surface area contributed by atoms with Gasteiger partial charge in [-0.15, -0.1) is 11.3 Å². The Morgan fingerprint density at radius 2 is 1.91 bits per heavy atom. The first-order valence-corrected chi connectivity index (χ1v) is 11.4. The summed E-state index contributed by atoms with van der Waals surface area (Å²) in [6, 6.07) is 16.8. The Hall–Kier alpha value is -3.32. The Balaban J connectivity index is 1.45. The molecule has 1 aliphatic heterocycles. The van der Waals surface area contributed by atoms with Crippen LogP contribution in [0.3, 0.4) is 0 Å². The van der Waals surface area contributed by atoms with Gasteiger partial charge in [0, 0.05) is 30.3 Å². The van der Waals surface area contributed by atoms with Crippen molar-refractivity contribution in [3.63, 3.8) is 0 Å². The van der Waals surface area contributed by atoms with Crippen molar-refractivity contribution in [1.82, 2.24) is 10.2 Å². The van der Waals surface area contributed by atoms with Crippen LogP contribution in [0.5, 0.6) is 11.5 Å². The van der Waals surface area contributed by atoms with E-state index in [2.05, 4.69) is 5.32 Å². The number of hydrogen-bond acceptors (Lipinski definition) is 5. The lowest BCUT2D eigenvalue weighted by atomic mass is 10.0. The molecule has 2 amide bonds. The van der Waals surface area contributed by atoms with Crippen molar-refractivity contribution in [3.8, 4) is 11.5 Å². The molecule has 32 heavy (non-hydrogen) atoms.